The number of fused-ring (bicyclic) bond motifs is 1. The number of para-hydroxylation sites is 1. The van der Waals surface area contributed by atoms with Crippen molar-refractivity contribution in [3.05, 3.63) is 52.3 Å². The molecule has 0 bridgehead atoms. The minimum atomic E-state index is -0.0784. The molecule has 1 amide bonds. The molecule has 0 fully saturated rings. The molecule has 6 heteroatoms. The Labute approximate surface area is 144 Å². The molecule has 3 aromatic rings. The third-order valence-corrected chi connectivity index (χ3v) is 4.72. The van der Waals surface area contributed by atoms with E-state index in [0.717, 1.165) is 21.5 Å². The monoisotopic (exact) mass is 341 g/mol. The minimum absolute atomic E-state index is 0.0299. The Bertz CT molecular complexity index is 852. The summed E-state index contributed by atoms with van der Waals surface area (Å²) in [7, 11) is 0. The molecule has 1 N–H and O–H groups in total. The molecule has 0 aliphatic rings. The van der Waals surface area contributed by atoms with Crippen LogP contribution in [0.4, 0.5) is 0 Å². The van der Waals surface area contributed by atoms with Crippen molar-refractivity contribution in [2.45, 2.75) is 32.7 Å². The Kier molecular flexibility index (Phi) is 5.05. The molecule has 0 spiro atoms. The van der Waals surface area contributed by atoms with Gasteiger partial charge in [-0.3, -0.25) is 9.59 Å². The van der Waals surface area contributed by atoms with E-state index in [1.807, 2.05) is 48.7 Å². The summed E-state index contributed by atoms with van der Waals surface area (Å²) in [6, 6.07) is 11.6. The van der Waals surface area contributed by atoms with Gasteiger partial charge in [-0.1, -0.05) is 24.3 Å². The van der Waals surface area contributed by atoms with Gasteiger partial charge in [0.05, 0.1) is 17.8 Å². The predicted molar refractivity (Wildman–Crippen MR) is 95.1 cm³/mol. The molecule has 0 radical (unpaired) electrons. The van der Waals surface area contributed by atoms with Crippen LogP contribution in [0.5, 0.6) is 0 Å². The number of nitrogens with one attached hydrogen (secondary N) is 1. The number of aromatic nitrogens is 2. The van der Waals surface area contributed by atoms with Crippen LogP contribution in [0.1, 0.15) is 34.6 Å². The lowest BCUT2D eigenvalue weighted by atomic mass is 10.2. The lowest BCUT2D eigenvalue weighted by molar-refractivity contribution is -0.121. The molecule has 124 valence electrons. The average molecular weight is 341 g/mol. The van der Waals surface area contributed by atoms with E-state index in [4.69, 9.17) is 0 Å². The van der Waals surface area contributed by atoms with E-state index >= 15 is 0 Å². The highest BCUT2D eigenvalue weighted by Crippen LogP contribution is 2.18. The van der Waals surface area contributed by atoms with Crippen LogP contribution >= 0.6 is 11.3 Å². The summed E-state index contributed by atoms with van der Waals surface area (Å²) in [4.78, 5) is 25.3. The number of rotatable bonds is 6. The van der Waals surface area contributed by atoms with Gasteiger partial charge >= 0.3 is 0 Å². The molecule has 0 aliphatic carbocycles. The maximum Gasteiger partial charge on any atom is 0.247 e. The third kappa shape index (κ3) is 3.71. The Balaban J connectivity index is 1.51. The number of hydrogen-bond acceptors (Lipinski definition) is 4. The maximum atomic E-state index is 12.4. The van der Waals surface area contributed by atoms with Crippen LogP contribution < -0.4 is 5.32 Å². The summed E-state index contributed by atoms with van der Waals surface area (Å²) in [5.74, 6) is -0.108. The Morgan fingerprint density at radius 1 is 1.17 bits per heavy atom. The van der Waals surface area contributed by atoms with Gasteiger partial charge in [0, 0.05) is 23.1 Å². The van der Waals surface area contributed by atoms with Crippen LogP contribution in [0.15, 0.2) is 41.8 Å². The zero-order valence-corrected chi connectivity index (χ0v) is 14.3. The van der Waals surface area contributed by atoms with Crippen molar-refractivity contribution in [3.63, 3.8) is 0 Å². The first-order chi connectivity index (χ1) is 11.6. The zero-order chi connectivity index (χ0) is 16.9. The molecule has 0 saturated heterocycles. The van der Waals surface area contributed by atoms with Crippen molar-refractivity contribution in [2.24, 2.45) is 0 Å². The van der Waals surface area contributed by atoms with E-state index < -0.39 is 0 Å². The number of benzene rings is 1. The van der Waals surface area contributed by atoms with Crippen molar-refractivity contribution < 1.29 is 9.59 Å². The Morgan fingerprint density at radius 2 is 2.00 bits per heavy atom. The number of thiophene rings is 1. The van der Waals surface area contributed by atoms with Gasteiger partial charge in [0.1, 0.15) is 0 Å². The highest BCUT2D eigenvalue weighted by atomic mass is 32.1. The van der Waals surface area contributed by atoms with Crippen LogP contribution in [0.25, 0.3) is 10.9 Å². The van der Waals surface area contributed by atoms with Gasteiger partial charge in [0.2, 0.25) is 11.8 Å². The van der Waals surface area contributed by atoms with Crippen LogP contribution in [0.2, 0.25) is 0 Å². The van der Waals surface area contributed by atoms with Crippen LogP contribution in [-0.4, -0.2) is 21.6 Å². The average Bonchev–Trinajstić information content (AvgIpc) is 3.21. The van der Waals surface area contributed by atoms with Gasteiger partial charge in [-0.2, -0.15) is 9.78 Å². The normalized spacial score (nSPS) is 10.9. The fraction of sp³-hybridized carbons (Fsp3) is 0.278. The number of carbonyl (C=O) groups excluding carboxylic acids is 2. The number of aryl methyl sites for hydroxylation is 1. The molecule has 24 heavy (non-hydrogen) atoms. The van der Waals surface area contributed by atoms with Crippen LogP contribution in [-0.2, 0) is 11.3 Å². The van der Waals surface area contributed by atoms with Crippen LogP contribution in [0.3, 0.4) is 0 Å². The van der Waals surface area contributed by atoms with Gasteiger partial charge in [-0.05, 0) is 30.9 Å². The van der Waals surface area contributed by atoms with E-state index in [9.17, 15) is 9.59 Å². The largest absolute Gasteiger partial charge is 0.351 e. The molecule has 3 rings (SSSR count). The van der Waals surface area contributed by atoms with Gasteiger partial charge in [-0.25, -0.2) is 0 Å². The molecular formula is C18H19N3O2S. The molecule has 2 aromatic heterocycles. The second kappa shape index (κ2) is 7.40. The van der Waals surface area contributed by atoms with Crippen molar-refractivity contribution >= 4 is 34.1 Å². The SMILES string of the molecule is Cc1nn(C(=O)CCCC(=O)NCc2cccs2)c2ccccc12. The van der Waals surface area contributed by atoms with Gasteiger partial charge < -0.3 is 5.32 Å². The second-order valence-electron chi connectivity index (χ2n) is 5.62. The quantitative estimate of drug-likeness (QED) is 0.746. The van der Waals surface area contributed by atoms with Crippen molar-refractivity contribution in [1.82, 2.24) is 15.1 Å². The minimum Gasteiger partial charge on any atom is -0.351 e. The maximum absolute atomic E-state index is 12.4. The van der Waals surface area contributed by atoms with E-state index in [0.29, 0.717) is 25.8 Å². The van der Waals surface area contributed by atoms with E-state index in [-0.39, 0.29) is 11.8 Å². The second-order valence-corrected chi connectivity index (χ2v) is 6.65. The fourth-order valence-corrected chi connectivity index (χ4v) is 3.25. The first kappa shape index (κ1) is 16.4. The third-order valence-electron chi connectivity index (χ3n) is 3.84. The van der Waals surface area contributed by atoms with E-state index in [1.165, 1.54) is 4.68 Å². The molecule has 1 aromatic carbocycles. The number of hydrogen-bond donors (Lipinski definition) is 1. The van der Waals surface area contributed by atoms with E-state index in [1.54, 1.807) is 11.3 Å². The molecule has 5 nitrogen and oxygen atoms in total. The summed E-state index contributed by atoms with van der Waals surface area (Å²) in [5.41, 5.74) is 1.66. The number of carbonyl (C=O) groups is 2. The number of nitrogens with zero attached hydrogens (tertiary/aromatic N) is 2. The summed E-state index contributed by atoms with van der Waals surface area (Å²) in [6.45, 7) is 2.44. The van der Waals surface area contributed by atoms with Gasteiger partial charge in [0.25, 0.3) is 0 Å². The van der Waals surface area contributed by atoms with Crippen molar-refractivity contribution in [1.29, 1.82) is 0 Å². The molecule has 0 saturated carbocycles. The fourth-order valence-electron chi connectivity index (χ4n) is 2.61. The van der Waals surface area contributed by atoms with Crippen molar-refractivity contribution in [2.75, 3.05) is 0 Å². The summed E-state index contributed by atoms with van der Waals surface area (Å²) >= 11 is 1.61. The van der Waals surface area contributed by atoms with E-state index in [2.05, 4.69) is 10.4 Å². The van der Waals surface area contributed by atoms with Gasteiger partial charge in [0.15, 0.2) is 0 Å². The van der Waals surface area contributed by atoms with Crippen LogP contribution in [0, 0.1) is 6.92 Å². The first-order valence-corrected chi connectivity index (χ1v) is 8.80. The topological polar surface area (TPSA) is 64.0 Å². The molecular weight excluding hydrogens is 322 g/mol. The highest BCUT2D eigenvalue weighted by Gasteiger charge is 2.13. The van der Waals surface area contributed by atoms with Crippen molar-refractivity contribution in [3.8, 4) is 0 Å². The van der Waals surface area contributed by atoms with Gasteiger partial charge in [-0.15, -0.1) is 11.3 Å². The highest BCUT2D eigenvalue weighted by molar-refractivity contribution is 7.09. The number of amides is 1. The first-order valence-electron chi connectivity index (χ1n) is 7.92. The summed E-state index contributed by atoms with van der Waals surface area (Å²) < 4.78 is 1.45. The smallest absolute Gasteiger partial charge is 0.247 e. The predicted octanol–water partition coefficient (Wildman–Crippen LogP) is 3.53. The summed E-state index contributed by atoms with van der Waals surface area (Å²) in [5, 5.41) is 10.2. The lowest BCUT2D eigenvalue weighted by Crippen LogP contribution is -2.22. The molecule has 2 heterocycles. The standard InChI is InChI=1S/C18H19N3O2S/c1-13-15-7-2-3-8-16(15)21(20-13)18(23)10-4-9-17(22)19-12-14-6-5-11-24-14/h2-3,5-8,11H,4,9-10,12H2,1H3,(H,19,22). The summed E-state index contributed by atoms with van der Waals surface area (Å²) in [6.07, 6.45) is 1.16. The molecule has 0 atom stereocenters. The molecule has 0 unspecified atom stereocenters. The Morgan fingerprint density at radius 3 is 2.79 bits per heavy atom. The Hall–Kier alpha value is -2.47. The zero-order valence-electron chi connectivity index (χ0n) is 13.5. The molecule has 0 aliphatic heterocycles. The lowest BCUT2D eigenvalue weighted by Gasteiger charge is -2.04.